The van der Waals surface area contributed by atoms with Crippen LogP contribution >= 0.6 is 22.6 Å². The Kier molecular flexibility index (Phi) is 4.98. The van der Waals surface area contributed by atoms with E-state index in [1.54, 1.807) is 6.07 Å². The van der Waals surface area contributed by atoms with Crippen molar-refractivity contribution in [2.75, 3.05) is 11.9 Å². The Morgan fingerprint density at radius 2 is 2.19 bits per heavy atom. The Bertz CT molecular complexity index is 382. The lowest BCUT2D eigenvalue weighted by Crippen LogP contribution is -2.34. The second kappa shape index (κ2) is 6.03. The van der Waals surface area contributed by atoms with Crippen molar-refractivity contribution >= 4 is 34.2 Å². The summed E-state index contributed by atoms with van der Waals surface area (Å²) < 4.78 is 13.6. The fourth-order valence-electron chi connectivity index (χ4n) is 1.18. The van der Waals surface area contributed by atoms with Crippen molar-refractivity contribution in [1.82, 2.24) is 5.32 Å². The van der Waals surface area contributed by atoms with Crippen molar-refractivity contribution in [3.63, 3.8) is 0 Å². The van der Waals surface area contributed by atoms with E-state index >= 15 is 0 Å². The number of nitrogens with one attached hydrogen (secondary N) is 2. The molecule has 1 aromatic rings. The maximum atomic E-state index is 12.8. The minimum Gasteiger partial charge on any atom is -0.375 e. The second-order valence-corrected chi connectivity index (χ2v) is 4.86. The number of hydrogen-bond acceptors (Lipinski definition) is 2. The van der Waals surface area contributed by atoms with Crippen LogP contribution in [-0.4, -0.2) is 18.5 Å². The van der Waals surface area contributed by atoms with Crippen LogP contribution in [0.5, 0.6) is 0 Å². The van der Waals surface area contributed by atoms with Crippen molar-refractivity contribution < 1.29 is 9.18 Å². The van der Waals surface area contributed by atoms with Gasteiger partial charge in [0.05, 0.1) is 6.54 Å². The number of hydrogen-bond donors (Lipinski definition) is 2. The van der Waals surface area contributed by atoms with E-state index in [1.165, 1.54) is 12.1 Å². The average molecular weight is 336 g/mol. The topological polar surface area (TPSA) is 41.1 Å². The number of amides is 1. The third-order valence-electron chi connectivity index (χ3n) is 1.82. The molecule has 0 bridgehead atoms. The molecule has 0 spiro atoms. The molecule has 0 atom stereocenters. The third kappa shape index (κ3) is 4.34. The molecule has 0 saturated heterocycles. The van der Waals surface area contributed by atoms with Crippen molar-refractivity contribution in [3.8, 4) is 0 Å². The molecule has 2 N–H and O–H groups in total. The molecule has 0 heterocycles. The minimum atomic E-state index is -0.276. The summed E-state index contributed by atoms with van der Waals surface area (Å²) >= 11 is 2.02. The predicted octanol–water partition coefficient (Wildman–Crippen LogP) is 2.37. The molecule has 1 aromatic carbocycles. The summed E-state index contributed by atoms with van der Waals surface area (Å²) in [5.74, 6) is -0.350. The zero-order valence-electron chi connectivity index (χ0n) is 9.18. The Labute approximate surface area is 108 Å². The van der Waals surface area contributed by atoms with Gasteiger partial charge in [0.15, 0.2) is 0 Å². The largest absolute Gasteiger partial charge is 0.375 e. The number of benzene rings is 1. The van der Waals surface area contributed by atoms with E-state index in [4.69, 9.17) is 0 Å². The van der Waals surface area contributed by atoms with Gasteiger partial charge in [0, 0.05) is 15.3 Å². The van der Waals surface area contributed by atoms with Crippen LogP contribution in [0.15, 0.2) is 18.2 Å². The first-order valence-electron chi connectivity index (χ1n) is 4.97. The van der Waals surface area contributed by atoms with E-state index in [9.17, 15) is 9.18 Å². The van der Waals surface area contributed by atoms with Gasteiger partial charge in [-0.15, -0.1) is 0 Å². The highest BCUT2D eigenvalue weighted by atomic mass is 127. The third-order valence-corrected chi connectivity index (χ3v) is 2.71. The highest BCUT2D eigenvalue weighted by Crippen LogP contribution is 2.18. The number of rotatable bonds is 4. The van der Waals surface area contributed by atoms with Gasteiger partial charge in [0.25, 0.3) is 0 Å². The quantitative estimate of drug-likeness (QED) is 0.829. The lowest BCUT2D eigenvalue weighted by Gasteiger charge is -2.11. The van der Waals surface area contributed by atoms with Crippen LogP contribution in [0, 0.1) is 9.39 Å². The van der Waals surface area contributed by atoms with Crippen molar-refractivity contribution in [1.29, 1.82) is 0 Å². The molecule has 1 amide bonds. The van der Waals surface area contributed by atoms with E-state index in [0.717, 1.165) is 9.26 Å². The predicted molar refractivity (Wildman–Crippen MR) is 70.9 cm³/mol. The molecule has 0 saturated carbocycles. The molecule has 0 radical (unpaired) electrons. The summed E-state index contributed by atoms with van der Waals surface area (Å²) in [5.41, 5.74) is 0.765. The van der Waals surface area contributed by atoms with Gasteiger partial charge in [-0.05, 0) is 54.6 Å². The molecule has 16 heavy (non-hydrogen) atoms. The Hall–Kier alpha value is -0.850. The lowest BCUT2D eigenvalue weighted by molar-refractivity contribution is -0.119. The zero-order valence-corrected chi connectivity index (χ0v) is 11.3. The van der Waals surface area contributed by atoms with Gasteiger partial charge < -0.3 is 10.6 Å². The Balaban J connectivity index is 2.51. The fraction of sp³-hybridized carbons (Fsp3) is 0.364. The monoisotopic (exact) mass is 336 g/mol. The van der Waals surface area contributed by atoms with Gasteiger partial charge in [-0.3, -0.25) is 4.79 Å². The van der Waals surface area contributed by atoms with Crippen molar-refractivity contribution in [2.45, 2.75) is 19.9 Å². The standard InChI is InChI=1S/C11H14FIN2O/c1-7(2)15-11(16)6-14-10-4-3-8(12)5-9(10)13/h3-5,7,14H,6H2,1-2H3,(H,15,16). The van der Waals surface area contributed by atoms with E-state index in [2.05, 4.69) is 10.6 Å². The summed E-state index contributed by atoms with van der Waals surface area (Å²) in [4.78, 5) is 11.4. The molecule has 1 rings (SSSR count). The summed E-state index contributed by atoms with van der Waals surface area (Å²) in [7, 11) is 0. The molecule has 5 heteroatoms. The van der Waals surface area contributed by atoms with Crippen LogP contribution in [0.1, 0.15) is 13.8 Å². The molecular weight excluding hydrogens is 322 g/mol. The maximum Gasteiger partial charge on any atom is 0.239 e. The van der Waals surface area contributed by atoms with Crippen LogP contribution in [0.4, 0.5) is 10.1 Å². The molecule has 0 aliphatic rings. The molecule has 0 fully saturated rings. The minimum absolute atomic E-state index is 0.0740. The molecule has 3 nitrogen and oxygen atoms in total. The second-order valence-electron chi connectivity index (χ2n) is 3.70. The first kappa shape index (κ1) is 13.2. The van der Waals surface area contributed by atoms with E-state index in [0.29, 0.717) is 0 Å². The summed E-state index contributed by atoms with van der Waals surface area (Å²) in [6, 6.07) is 4.54. The number of carbonyl (C=O) groups is 1. The smallest absolute Gasteiger partial charge is 0.239 e. The fourth-order valence-corrected chi connectivity index (χ4v) is 1.85. The van der Waals surface area contributed by atoms with Crippen molar-refractivity contribution in [2.24, 2.45) is 0 Å². The Morgan fingerprint density at radius 1 is 1.50 bits per heavy atom. The van der Waals surface area contributed by atoms with Crippen LogP contribution in [-0.2, 0) is 4.79 Å². The lowest BCUT2D eigenvalue weighted by atomic mass is 10.3. The van der Waals surface area contributed by atoms with Gasteiger partial charge in [-0.25, -0.2) is 4.39 Å². The zero-order chi connectivity index (χ0) is 12.1. The molecule has 88 valence electrons. The van der Waals surface area contributed by atoms with Crippen LogP contribution in [0.25, 0.3) is 0 Å². The van der Waals surface area contributed by atoms with Crippen LogP contribution in [0.3, 0.4) is 0 Å². The number of carbonyl (C=O) groups excluding carboxylic acids is 1. The first-order valence-corrected chi connectivity index (χ1v) is 6.05. The molecule has 0 aromatic heterocycles. The van der Waals surface area contributed by atoms with E-state index < -0.39 is 0 Å². The van der Waals surface area contributed by atoms with E-state index in [1.807, 2.05) is 36.4 Å². The van der Waals surface area contributed by atoms with Crippen molar-refractivity contribution in [3.05, 3.63) is 27.6 Å². The van der Waals surface area contributed by atoms with Gasteiger partial charge in [-0.2, -0.15) is 0 Å². The number of halogens is 2. The maximum absolute atomic E-state index is 12.8. The molecule has 0 aliphatic carbocycles. The van der Waals surface area contributed by atoms with E-state index in [-0.39, 0.29) is 24.3 Å². The SMILES string of the molecule is CC(C)NC(=O)CNc1ccc(F)cc1I. The summed E-state index contributed by atoms with van der Waals surface area (Å²) in [6.07, 6.45) is 0. The van der Waals surface area contributed by atoms with Gasteiger partial charge >= 0.3 is 0 Å². The van der Waals surface area contributed by atoms with Crippen LogP contribution in [0.2, 0.25) is 0 Å². The average Bonchev–Trinajstić information content (AvgIpc) is 2.15. The highest BCUT2D eigenvalue weighted by molar-refractivity contribution is 14.1. The number of anilines is 1. The van der Waals surface area contributed by atoms with Gasteiger partial charge in [0.1, 0.15) is 5.82 Å². The molecule has 0 aliphatic heterocycles. The Morgan fingerprint density at radius 3 is 2.75 bits per heavy atom. The molecular formula is C11H14FIN2O. The van der Waals surface area contributed by atoms with Crippen LogP contribution < -0.4 is 10.6 Å². The summed E-state index contributed by atoms with van der Waals surface area (Å²) in [6.45, 7) is 4.00. The normalized spacial score (nSPS) is 10.3. The van der Waals surface area contributed by atoms with Gasteiger partial charge in [0.2, 0.25) is 5.91 Å². The van der Waals surface area contributed by atoms with Gasteiger partial charge in [-0.1, -0.05) is 0 Å². The summed E-state index contributed by atoms with van der Waals surface area (Å²) in [5, 5.41) is 5.72. The molecule has 0 unspecified atom stereocenters. The first-order chi connectivity index (χ1) is 7.49. The highest BCUT2D eigenvalue weighted by Gasteiger charge is 2.05.